The molecule has 0 aromatic heterocycles. The van der Waals surface area contributed by atoms with Crippen molar-refractivity contribution in [1.29, 1.82) is 0 Å². The molecule has 6 atom stereocenters. The van der Waals surface area contributed by atoms with Gasteiger partial charge in [0.25, 0.3) is 0 Å². The molecule has 0 radical (unpaired) electrons. The third kappa shape index (κ3) is 5.78. The molecular weight excluding hydrogens is 384 g/mol. The summed E-state index contributed by atoms with van der Waals surface area (Å²) in [4.78, 5) is 0. The van der Waals surface area contributed by atoms with Crippen molar-refractivity contribution < 1.29 is 0 Å². The number of allylic oxidation sites excluding steroid dienone is 8. The van der Waals surface area contributed by atoms with Gasteiger partial charge in [-0.05, 0) is 87.5 Å². The van der Waals surface area contributed by atoms with Gasteiger partial charge >= 0.3 is 0 Å². The fraction of sp³-hybridized carbons (Fsp3) is 0.688. The Morgan fingerprint density at radius 1 is 1.09 bits per heavy atom. The lowest BCUT2D eigenvalue weighted by Crippen LogP contribution is -2.42. The summed E-state index contributed by atoms with van der Waals surface area (Å²) in [6.07, 6.45) is 16.5. The van der Waals surface area contributed by atoms with E-state index in [1.807, 2.05) is 41.5 Å². The standard InChI is InChI=1S/C23H32.C4H8.2C2H6.CH4/c1-6-19-16(3)14-21-18-8-7-17-13-15(2)9-11-22(17,4)20(18)10-12-23(19,21)5;1-4(2)3;2*1-2;/h6-7,10,13,16,18-19,21H,1,8-9,11-12,14H2,2-5H3;1H2,2-3H3;2*1-2H3;1H4. The van der Waals surface area contributed by atoms with Gasteiger partial charge in [0, 0.05) is 5.41 Å². The van der Waals surface area contributed by atoms with E-state index in [2.05, 4.69) is 65.2 Å². The minimum Gasteiger partial charge on any atom is -0.103 e. The summed E-state index contributed by atoms with van der Waals surface area (Å²) >= 11 is 0. The van der Waals surface area contributed by atoms with Crippen molar-refractivity contribution in [2.45, 2.75) is 109 Å². The smallest absolute Gasteiger partial charge is 0.0136 e. The highest BCUT2D eigenvalue weighted by Crippen LogP contribution is 2.65. The lowest BCUT2D eigenvalue weighted by atomic mass is 9.52. The zero-order chi connectivity index (χ0) is 24.0. The van der Waals surface area contributed by atoms with Crippen molar-refractivity contribution >= 4 is 0 Å². The molecule has 0 nitrogen and oxygen atoms in total. The van der Waals surface area contributed by atoms with Crippen LogP contribution in [-0.4, -0.2) is 0 Å². The molecular formula is C32H56. The van der Waals surface area contributed by atoms with Crippen LogP contribution < -0.4 is 0 Å². The monoisotopic (exact) mass is 440 g/mol. The van der Waals surface area contributed by atoms with Gasteiger partial charge in [0.1, 0.15) is 0 Å². The van der Waals surface area contributed by atoms with Gasteiger partial charge in [-0.25, -0.2) is 0 Å². The first-order chi connectivity index (χ1) is 14.6. The van der Waals surface area contributed by atoms with E-state index in [9.17, 15) is 0 Å². The van der Waals surface area contributed by atoms with E-state index >= 15 is 0 Å². The molecule has 32 heavy (non-hydrogen) atoms. The normalized spacial score (nSPS) is 36.0. The van der Waals surface area contributed by atoms with Crippen LogP contribution >= 0.6 is 0 Å². The maximum atomic E-state index is 4.18. The van der Waals surface area contributed by atoms with Gasteiger partial charge in [-0.3, -0.25) is 0 Å². The van der Waals surface area contributed by atoms with E-state index in [-0.39, 0.29) is 7.43 Å². The first-order valence-corrected chi connectivity index (χ1v) is 13.0. The predicted octanol–water partition coefficient (Wildman–Crippen LogP) is 10.7. The van der Waals surface area contributed by atoms with Crippen LogP contribution in [0.3, 0.4) is 0 Å². The maximum absolute atomic E-state index is 4.18. The summed E-state index contributed by atoms with van der Waals surface area (Å²) in [5, 5.41) is 0. The Bertz CT molecular complexity index is 710. The highest BCUT2D eigenvalue weighted by Gasteiger charge is 2.56. The van der Waals surface area contributed by atoms with Crippen LogP contribution in [0.25, 0.3) is 0 Å². The summed E-state index contributed by atoms with van der Waals surface area (Å²) in [5.74, 6) is 3.11. The van der Waals surface area contributed by atoms with E-state index in [0.717, 1.165) is 17.8 Å². The Hall–Kier alpha value is -1.30. The summed E-state index contributed by atoms with van der Waals surface area (Å²) in [6.45, 7) is 29.5. The largest absolute Gasteiger partial charge is 0.103 e. The van der Waals surface area contributed by atoms with E-state index in [1.54, 1.807) is 16.7 Å². The van der Waals surface area contributed by atoms with Crippen molar-refractivity contribution in [2.24, 2.45) is 34.5 Å². The number of rotatable bonds is 1. The molecule has 0 amide bonds. The highest BCUT2D eigenvalue weighted by atomic mass is 14.6. The van der Waals surface area contributed by atoms with Gasteiger partial charge < -0.3 is 0 Å². The van der Waals surface area contributed by atoms with Gasteiger partial charge in [-0.15, -0.1) is 13.2 Å². The van der Waals surface area contributed by atoms with Gasteiger partial charge in [-0.2, -0.15) is 0 Å². The molecule has 4 aliphatic carbocycles. The van der Waals surface area contributed by atoms with Crippen LogP contribution in [0.4, 0.5) is 0 Å². The van der Waals surface area contributed by atoms with Crippen molar-refractivity contribution in [3.8, 4) is 0 Å². The Kier molecular flexibility index (Phi) is 12.3. The lowest BCUT2D eigenvalue weighted by molar-refractivity contribution is 0.111. The second kappa shape index (κ2) is 12.8. The Morgan fingerprint density at radius 3 is 2.19 bits per heavy atom. The quantitative estimate of drug-likeness (QED) is 0.356. The maximum Gasteiger partial charge on any atom is 0.0136 e. The summed E-state index contributed by atoms with van der Waals surface area (Å²) in [5.41, 5.74) is 6.89. The molecule has 4 rings (SSSR count). The van der Waals surface area contributed by atoms with Crippen LogP contribution in [0.15, 0.2) is 59.8 Å². The molecule has 184 valence electrons. The molecule has 0 spiro atoms. The second-order valence-electron chi connectivity index (χ2n) is 10.5. The number of fused-ring (bicyclic) bond motifs is 5. The second-order valence-corrected chi connectivity index (χ2v) is 10.5. The molecule has 4 aliphatic rings. The average molecular weight is 441 g/mol. The molecule has 0 aliphatic heterocycles. The Labute approximate surface area is 203 Å². The van der Waals surface area contributed by atoms with E-state index in [4.69, 9.17) is 0 Å². The zero-order valence-corrected chi connectivity index (χ0v) is 22.6. The van der Waals surface area contributed by atoms with Crippen molar-refractivity contribution in [2.75, 3.05) is 0 Å². The zero-order valence-electron chi connectivity index (χ0n) is 22.6. The molecule has 0 heteroatoms. The van der Waals surface area contributed by atoms with Gasteiger partial charge in [0.2, 0.25) is 0 Å². The molecule has 1 saturated carbocycles. The number of hydrogen-bond donors (Lipinski definition) is 0. The third-order valence-corrected chi connectivity index (χ3v) is 8.04. The summed E-state index contributed by atoms with van der Waals surface area (Å²) in [6, 6.07) is 0. The highest BCUT2D eigenvalue weighted by molar-refractivity contribution is 5.46. The topological polar surface area (TPSA) is 0 Å². The fourth-order valence-corrected chi connectivity index (χ4v) is 6.69. The first kappa shape index (κ1) is 30.7. The van der Waals surface area contributed by atoms with Crippen LogP contribution in [0.2, 0.25) is 0 Å². The Balaban J connectivity index is 0.000000949. The molecule has 6 unspecified atom stereocenters. The van der Waals surface area contributed by atoms with Gasteiger partial charge in [-0.1, -0.05) is 96.9 Å². The molecule has 0 saturated heterocycles. The van der Waals surface area contributed by atoms with Crippen molar-refractivity contribution in [3.05, 3.63) is 59.8 Å². The van der Waals surface area contributed by atoms with E-state index < -0.39 is 0 Å². The van der Waals surface area contributed by atoms with Gasteiger partial charge in [0.15, 0.2) is 0 Å². The van der Waals surface area contributed by atoms with Crippen molar-refractivity contribution in [3.63, 3.8) is 0 Å². The molecule has 0 aromatic rings. The lowest BCUT2D eigenvalue weighted by Gasteiger charge is -2.52. The minimum absolute atomic E-state index is 0. The van der Waals surface area contributed by atoms with Crippen LogP contribution in [0.1, 0.15) is 109 Å². The summed E-state index contributed by atoms with van der Waals surface area (Å²) in [7, 11) is 0. The Morgan fingerprint density at radius 2 is 1.66 bits per heavy atom. The van der Waals surface area contributed by atoms with Gasteiger partial charge in [0.05, 0.1) is 0 Å². The van der Waals surface area contributed by atoms with Crippen LogP contribution in [-0.2, 0) is 0 Å². The van der Waals surface area contributed by atoms with Crippen LogP contribution in [0.5, 0.6) is 0 Å². The van der Waals surface area contributed by atoms with Crippen LogP contribution in [0, 0.1) is 34.5 Å². The fourth-order valence-electron chi connectivity index (χ4n) is 6.69. The molecule has 0 aromatic carbocycles. The first-order valence-electron chi connectivity index (χ1n) is 13.0. The molecule has 0 N–H and O–H groups in total. The number of hydrogen-bond acceptors (Lipinski definition) is 0. The van der Waals surface area contributed by atoms with E-state index in [1.165, 1.54) is 37.7 Å². The minimum atomic E-state index is 0. The summed E-state index contributed by atoms with van der Waals surface area (Å²) < 4.78 is 0. The predicted molar refractivity (Wildman–Crippen MR) is 149 cm³/mol. The van der Waals surface area contributed by atoms with Crippen molar-refractivity contribution in [1.82, 2.24) is 0 Å². The van der Waals surface area contributed by atoms with E-state index in [0.29, 0.717) is 16.7 Å². The average Bonchev–Trinajstić information content (AvgIpc) is 3.00. The molecule has 0 heterocycles. The third-order valence-electron chi connectivity index (χ3n) is 8.04. The molecule has 1 fully saturated rings. The SMILES string of the molecule is C.C=C(C)C.C=CC1C(C)CC2C3CC=C4C=C(C)CCC4(C)C3=CCC12C.CC.CC. The molecule has 0 bridgehead atoms.